The van der Waals surface area contributed by atoms with Crippen molar-refractivity contribution >= 4 is 5.82 Å². The molecule has 0 radical (unpaired) electrons. The molecule has 0 amide bonds. The Morgan fingerprint density at radius 1 is 1.33 bits per heavy atom. The number of hydrogen-bond donors (Lipinski definition) is 1. The van der Waals surface area contributed by atoms with Crippen LogP contribution in [-0.2, 0) is 0 Å². The van der Waals surface area contributed by atoms with E-state index < -0.39 is 0 Å². The highest BCUT2D eigenvalue weighted by Gasteiger charge is 2.20. The summed E-state index contributed by atoms with van der Waals surface area (Å²) in [4.78, 5) is 11.5. The molecule has 0 spiro atoms. The van der Waals surface area contributed by atoms with Gasteiger partial charge in [-0.15, -0.1) is 0 Å². The monoisotopic (exact) mass is 249 g/mol. The van der Waals surface area contributed by atoms with Crippen LogP contribution in [0.3, 0.4) is 0 Å². The van der Waals surface area contributed by atoms with Crippen LogP contribution in [0, 0.1) is 12.8 Å². The van der Waals surface area contributed by atoms with Gasteiger partial charge in [-0.3, -0.25) is 0 Å². The van der Waals surface area contributed by atoms with Crippen LogP contribution in [0.1, 0.15) is 44.1 Å². The Bertz CT molecular complexity index is 398. The molecule has 0 aliphatic carbocycles. The summed E-state index contributed by atoms with van der Waals surface area (Å²) in [6, 6.07) is 2.06. The van der Waals surface area contributed by atoms with Crippen LogP contribution in [0.5, 0.6) is 0 Å². The average molecular weight is 249 g/mol. The average Bonchev–Trinajstić information content (AvgIpc) is 2.38. The van der Waals surface area contributed by atoms with Gasteiger partial charge in [-0.05, 0) is 25.7 Å². The number of nitrogens with zero attached hydrogens (tertiary/aromatic N) is 3. The molecule has 2 heterocycles. The molecule has 1 N–H and O–H groups in total. The summed E-state index contributed by atoms with van der Waals surface area (Å²) in [6.45, 7) is 8.55. The second-order valence-electron chi connectivity index (χ2n) is 5.49. The standard InChI is InChI=1S/C14H23N3O/c1-10(2)14-15-11(3)8-13(16-14)17-6-4-12(9-18)5-7-17/h8,10,12,18H,4-7,9H2,1-3H3. The molecule has 0 unspecified atom stereocenters. The van der Waals surface area contributed by atoms with Gasteiger partial charge in [0.1, 0.15) is 11.6 Å². The third kappa shape index (κ3) is 2.99. The lowest BCUT2D eigenvalue weighted by Crippen LogP contribution is -2.35. The van der Waals surface area contributed by atoms with Crippen molar-refractivity contribution in [2.45, 2.75) is 39.5 Å². The molecule has 1 fully saturated rings. The Morgan fingerprint density at radius 3 is 2.56 bits per heavy atom. The fraction of sp³-hybridized carbons (Fsp3) is 0.714. The van der Waals surface area contributed by atoms with Crippen LogP contribution >= 0.6 is 0 Å². The summed E-state index contributed by atoms with van der Waals surface area (Å²) in [5.41, 5.74) is 1.04. The molecule has 100 valence electrons. The van der Waals surface area contributed by atoms with Crippen molar-refractivity contribution in [3.63, 3.8) is 0 Å². The van der Waals surface area contributed by atoms with Gasteiger partial charge in [-0.25, -0.2) is 9.97 Å². The lowest BCUT2D eigenvalue weighted by atomic mass is 9.98. The van der Waals surface area contributed by atoms with Crippen molar-refractivity contribution < 1.29 is 5.11 Å². The van der Waals surface area contributed by atoms with Gasteiger partial charge in [0.25, 0.3) is 0 Å². The molecule has 0 bridgehead atoms. The summed E-state index contributed by atoms with van der Waals surface area (Å²) in [5, 5.41) is 9.16. The molecule has 1 saturated heterocycles. The Kier molecular flexibility index (Phi) is 4.17. The molecule has 4 nitrogen and oxygen atoms in total. The first-order chi connectivity index (χ1) is 8.60. The highest BCUT2D eigenvalue weighted by molar-refractivity contribution is 5.40. The minimum absolute atomic E-state index is 0.313. The topological polar surface area (TPSA) is 49.2 Å². The Balaban J connectivity index is 2.13. The number of aliphatic hydroxyl groups is 1. The minimum Gasteiger partial charge on any atom is -0.396 e. The van der Waals surface area contributed by atoms with E-state index in [1.807, 2.05) is 6.92 Å². The van der Waals surface area contributed by atoms with E-state index in [0.29, 0.717) is 18.4 Å². The fourth-order valence-corrected chi connectivity index (χ4v) is 2.34. The van der Waals surface area contributed by atoms with E-state index in [1.54, 1.807) is 0 Å². The number of aliphatic hydroxyl groups excluding tert-OH is 1. The number of rotatable bonds is 3. The third-order valence-corrected chi connectivity index (χ3v) is 3.57. The molecule has 4 heteroatoms. The minimum atomic E-state index is 0.313. The maximum absolute atomic E-state index is 9.16. The van der Waals surface area contributed by atoms with E-state index in [2.05, 4.69) is 34.8 Å². The van der Waals surface area contributed by atoms with Crippen molar-refractivity contribution in [3.05, 3.63) is 17.6 Å². The summed E-state index contributed by atoms with van der Waals surface area (Å²) in [5.74, 6) is 2.80. The fourth-order valence-electron chi connectivity index (χ4n) is 2.34. The number of aromatic nitrogens is 2. The number of hydrogen-bond acceptors (Lipinski definition) is 4. The first kappa shape index (κ1) is 13.3. The second-order valence-corrected chi connectivity index (χ2v) is 5.49. The highest BCUT2D eigenvalue weighted by Crippen LogP contribution is 2.23. The van der Waals surface area contributed by atoms with Crippen LogP contribution in [-0.4, -0.2) is 34.8 Å². The Labute approximate surface area is 109 Å². The number of piperidine rings is 1. The zero-order valence-corrected chi connectivity index (χ0v) is 11.6. The summed E-state index contributed by atoms with van der Waals surface area (Å²) in [7, 11) is 0. The summed E-state index contributed by atoms with van der Waals surface area (Å²) in [6.07, 6.45) is 2.10. The van der Waals surface area contributed by atoms with Gasteiger partial charge in [0.15, 0.2) is 0 Å². The van der Waals surface area contributed by atoms with Crippen molar-refractivity contribution in [1.82, 2.24) is 9.97 Å². The van der Waals surface area contributed by atoms with Crippen molar-refractivity contribution in [3.8, 4) is 0 Å². The SMILES string of the molecule is Cc1cc(N2CCC(CO)CC2)nc(C(C)C)n1. The number of anilines is 1. The molecule has 0 saturated carbocycles. The van der Waals surface area contributed by atoms with Crippen molar-refractivity contribution in [2.24, 2.45) is 5.92 Å². The maximum atomic E-state index is 9.16. The van der Waals surface area contributed by atoms with Gasteiger partial charge >= 0.3 is 0 Å². The zero-order chi connectivity index (χ0) is 13.1. The van der Waals surface area contributed by atoms with Crippen LogP contribution in [0.15, 0.2) is 6.07 Å². The maximum Gasteiger partial charge on any atom is 0.133 e. The first-order valence-corrected chi connectivity index (χ1v) is 6.81. The quantitative estimate of drug-likeness (QED) is 0.891. The predicted molar refractivity (Wildman–Crippen MR) is 72.9 cm³/mol. The van der Waals surface area contributed by atoms with E-state index in [0.717, 1.165) is 43.3 Å². The van der Waals surface area contributed by atoms with E-state index in [-0.39, 0.29) is 0 Å². The Hall–Kier alpha value is -1.16. The summed E-state index contributed by atoms with van der Waals surface area (Å²) < 4.78 is 0. The third-order valence-electron chi connectivity index (χ3n) is 3.57. The Morgan fingerprint density at radius 2 is 2.00 bits per heavy atom. The molecular formula is C14H23N3O. The van der Waals surface area contributed by atoms with Crippen LogP contribution in [0.2, 0.25) is 0 Å². The summed E-state index contributed by atoms with van der Waals surface area (Å²) >= 11 is 0. The van der Waals surface area contributed by atoms with Crippen molar-refractivity contribution in [2.75, 3.05) is 24.6 Å². The molecule has 0 aromatic carbocycles. The molecule has 1 aliphatic rings. The molecular weight excluding hydrogens is 226 g/mol. The lowest BCUT2D eigenvalue weighted by Gasteiger charge is -2.32. The van der Waals surface area contributed by atoms with Gasteiger partial charge in [0, 0.05) is 37.4 Å². The smallest absolute Gasteiger partial charge is 0.133 e. The molecule has 0 atom stereocenters. The highest BCUT2D eigenvalue weighted by atomic mass is 16.3. The predicted octanol–water partition coefficient (Wildman–Crippen LogP) is 2.12. The second kappa shape index (κ2) is 5.65. The van der Waals surface area contributed by atoms with Crippen molar-refractivity contribution in [1.29, 1.82) is 0 Å². The molecule has 1 aromatic heterocycles. The number of aryl methyl sites for hydroxylation is 1. The van der Waals surface area contributed by atoms with Gasteiger partial charge < -0.3 is 10.0 Å². The van der Waals surface area contributed by atoms with Crippen LogP contribution in [0.4, 0.5) is 5.82 Å². The van der Waals surface area contributed by atoms with Crippen LogP contribution < -0.4 is 4.90 Å². The molecule has 1 aromatic rings. The normalized spacial score (nSPS) is 17.5. The van der Waals surface area contributed by atoms with Gasteiger partial charge in [0.05, 0.1) is 0 Å². The molecule has 2 rings (SSSR count). The van der Waals surface area contributed by atoms with Gasteiger partial charge in [0.2, 0.25) is 0 Å². The van der Waals surface area contributed by atoms with Crippen LogP contribution in [0.25, 0.3) is 0 Å². The van der Waals surface area contributed by atoms with E-state index in [1.165, 1.54) is 0 Å². The molecule has 18 heavy (non-hydrogen) atoms. The lowest BCUT2D eigenvalue weighted by molar-refractivity contribution is 0.202. The van der Waals surface area contributed by atoms with E-state index >= 15 is 0 Å². The molecule has 1 aliphatic heterocycles. The van der Waals surface area contributed by atoms with E-state index in [4.69, 9.17) is 5.11 Å². The van der Waals surface area contributed by atoms with Gasteiger partial charge in [-0.1, -0.05) is 13.8 Å². The van der Waals surface area contributed by atoms with E-state index in [9.17, 15) is 0 Å². The largest absolute Gasteiger partial charge is 0.396 e. The first-order valence-electron chi connectivity index (χ1n) is 6.81. The zero-order valence-electron chi connectivity index (χ0n) is 11.6. The van der Waals surface area contributed by atoms with Gasteiger partial charge in [-0.2, -0.15) is 0 Å².